The largest absolute Gasteiger partial charge is 0.324 e. The number of rotatable bonds is 6. The molecule has 1 aliphatic heterocycles. The fourth-order valence-corrected chi connectivity index (χ4v) is 4.69. The second-order valence-electron chi connectivity index (χ2n) is 7.48. The number of fused-ring (bicyclic) bond motifs is 1. The highest BCUT2D eigenvalue weighted by Gasteiger charge is 2.46. The van der Waals surface area contributed by atoms with E-state index in [0.29, 0.717) is 5.56 Å². The number of amides is 3. The van der Waals surface area contributed by atoms with Crippen LogP contribution in [-0.2, 0) is 11.2 Å². The highest BCUT2D eigenvalue weighted by molar-refractivity contribution is 6.55. The number of nitrogens with one attached hydrogen (secondary N) is 1. The molecule has 0 aliphatic carbocycles. The minimum absolute atomic E-state index is 0.0260. The molecule has 0 fully saturated rings. The number of non-ortho nitro benzene ring substituents is 1. The Morgan fingerprint density at radius 3 is 1.86 bits per heavy atom. The van der Waals surface area contributed by atoms with Crippen molar-refractivity contribution in [2.75, 3.05) is 5.32 Å². The number of imide groups is 1. The SMILES string of the molecule is O=C(Nc1ccc([N+](=O)[O-])cc1)[C@@H](Cc1ccccc1)N1C(=O)c2c(Cl)c(Cl)c(Cl)c(Cl)c2C1=O. The molecule has 1 atom stereocenters. The van der Waals surface area contributed by atoms with Crippen molar-refractivity contribution in [3.05, 3.63) is 101 Å². The summed E-state index contributed by atoms with van der Waals surface area (Å²) >= 11 is 24.6. The van der Waals surface area contributed by atoms with E-state index in [9.17, 15) is 24.5 Å². The van der Waals surface area contributed by atoms with E-state index in [4.69, 9.17) is 46.4 Å². The Hall–Kier alpha value is -3.17. The van der Waals surface area contributed by atoms with Gasteiger partial charge in [-0.2, -0.15) is 0 Å². The molecule has 0 saturated carbocycles. The molecule has 3 amide bonds. The van der Waals surface area contributed by atoms with Crippen LogP contribution in [0, 0.1) is 10.1 Å². The van der Waals surface area contributed by atoms with E-state index in [-0.39, 0.29) is 49.0 Å². The average molecular weight is 553 g/mol. The summed E-state index contributed by atoms with van der Waals surface area (Å²) in [6, 6.07) is 12.5. The quantitative estimate of drug-likeness (QED) is 0.131. The summed E-state index contributed by atoms with van der Waals surface area (Å²) in [5.41, 5.74) is 0.260. The van der Waals surface area contributed by atoms with Crippen molar-refractivity contribution >= 4 is 75.5 Å². The molecule has 1 N–H and O–H groups in total. The van der Waals surface area contributed by atoms with Gasteiger partial charge < -0.3 is 5.32 Å². The molecule has 0 unspecified atom stereocenters. The fraction of sp³-hybridized carbons (Fsp3) is 0.0870. The van der Waals surface area contributed by atoms with Crippen molar-refractivity contribution in [3.63, 3.8) is 0 Å². The predicted octanol–water partition coefficient (Wildman–Crippen LogP) is 6.05. The molecule has 1 heterocycles. The maximum atomic E-state index is 13.4. The third-order valence-corrected chi connectivity index (χ3v) is 7.17. The summed E-state index contributed by atoms with van der Waals surface area (Å²) in [4.78, 5) is 51.2. The molecule has 0 bridgehead atoms. The van der Waals surface area contributed by atoms with E-state index >= 15 is 0 Å². The smallest absolute Gasteiger partial charge is 0.269 e. The number of hydrogen-bond donors (Lipinski definition) is 1. The maximum absolute atomic E-state index is 13.4. The number of carbonyl (C=O) groups excluding carboxylic acids is 3. The molecule has 0 radical (unpaired) electrons. The van der Waals surface area contributed by atoms with Gasteiger partial charge in [0.15, 0.2) is 0 Å². The molecule has 4 rings (SSSR count). The molecule has 35 heavy (non-hydrogen) atoms. The Kier molecular flexibility index (Phi) is 7.00. The van der Waals surface area contributed by atoms with Crippen LogP contribution in [-0.4, -0.2) is 33.6 Å². The maximum Gasteiger partial charge on any atom is 0.269 e. The van der Waals surface area contributed by atoms with E-state index in [0.717, 1.165) is 4.90 Å². The van der Waals surface area contributed by atoms with Crippen LogP contribution in [0.5, 0.6) is 0 Å². The normalized spacial score (nSPS) is 13.5. The Morgan fingerprint density at radius 1 is 0.857 bits per heavy atom. The fourth-order valence-electron chi connectivity index (χ4n) is 3.68. The summed E-state index contributed by atoms with van der Waals surface area (Å²) in [6.45, 7) is 0. The Balaban J connectivity index is 1.74. The van der Waals surface area contributed by atoms with E-state index in [2.05, 4.69) is 5.32 Å². The Labute approximate surface area is 218 Å². The van der Waals surface area contributed by atoms with Crippen LogP contribution < -0.4 is 5.32 Å². The first kappa shape index (κ1) is 24.9. The molecule has 0 aromatic heterocycles. The van der Waals surface area contributed by atoms with Gasteiger partial charge in [-0.3, -0.25) is 29.4 Å². The van der Waals surface area contributed by atoms with Gasteiger partial charge >= 0.3 is 0 Å². The summed E-state index contributed by atoms with van der Waals surface area (Å²) in [6.07, 6.45) is -0.0260. The Morgan fingerprint density at radius 2 is 1.37 bits per heavy atom. The first-order valence-corrected chi connectivity index (χ1v) is 11.5. The van der Waals surface area contributed by atoms with Crippen LogP contribution in [0.15, 0.2) is 54.6 Å². The number of anilines is 1. The van der Waals surface area contributed by atoms with Crippen molar-refractivity contribution < 1.29 is 19.3 Å². The number of carbonyl (C=O) groups is 3. The van der Waals surface area contributed by atoms with E-state index in [1.165, 1.54) is 24.3 Å². The van der Waals surface area contributed by atoms with Crippen molar-refractivity contribution in [2.45, 2.75) is 12.5 Å². The minimum atomic E-state index is -1.32. The number of halogens is 4. The van der Waals surface area contributed by atoms with Gasteiger partial charge in [0.05, 0.1) is 36.1 Å². The topological polar surface area (TPSA) is 110 Å². The van der Waals surface area contributed by atoms with Crippen LogP contribution in [0.1, 0.15) is 26.3 Å². The zero-order valence-corrected chi connectivity index (χ0v) is 20.5. The highest BCUT2D eigenvalue weighted by atomic mass is 35.5. The summed E-state index contributed by atoms with van der Waals surface area (Å²) < 4.78 is 0. The lowest BCUT2D eigenvalue weighted by molar-refractivity contribution is -0.384. The van der Waals surface area contributed by atoms with Gasteiger partial charge in [0.1, 0.15) is 6.04 Å². The average Bonchev–Trinajstić information content (AvgIpc) is 3.10. The molecule has 12 heteroatoms. The third-order valence-electron chi connectivity index (χ3n) is 5.36. The molecule has 0 saturated heterocycles. The molecule has 0 spiro atoms. The summed E-state index contributed by atoms with van der Waals surface area (Å²) in [5, 5.41) is 12.6. The molecular formula is C23H13Cl4N3O5. The number of benzene rings is 3. The van der Waals surface area contributed by atoms with Crippen LogP contribution in [0.3, 0.4) is 0 Å². The van der Waals surface area contributed by atoms with Crippen LogP contribution in [0.4, 0.5) is 11.4 Å². The second kappa shape index (κ2) is 9.83. The van der Waals surface area contributed by atoms with E-state index in [1.807, 2.05) is 0 Å². The lowest BCUT2D eigenvalue weighted by atomic mass is 10.0. The van der Waals surface area contributed by atoms with Gasteiger partial charge in [-0.15, -0.1) is 0 Å². The first-order valence-electron chi connectivity index (χ1n) is 9.94. The van der Waals surface area contributed by atoms with Gasteiger partial charge in [0.2, 0.25) is 5.91 Å². The van der Waals surface area contributed by atoms with Gasteiger partial charge in [-0.25, -0.2) is 0 Å². The van der Waals surface area contributed by atoms with Gasteiger partial charge in [0.25, 0.3) is 17.5 Å². The first-order chi connectivity index (χ1) is 16.6. The number of hydrogen-bond acceptors (Lipinski definition) is 5. The van der Waals surface area contributed by atoms with Crippen molar-refractivity contribution in [3.8, 4) is 0 Å². The van der Waals surface area contributed by atoms with Gasteiger partial charge in [0, 0.05) is 24.2 Å². The molecule has 8 nitrogen and oxygen atoms in total. The molecule has 1 aliphatic rings. The van der Waals surface area contributed by atoms with Crippen LogP contribution in [0.25, 0.3) is 0 Å². The number of nitro benzene ring substituents is 1. The molecule has 178 valence electrons. The van der Waals surface area contributed by atoms with Crippen molar-refractivity contribution in [1.29, 1.82) is 0 Å². The van der Waals surface area contributed by atoms with Crippen LogP contribution >= 0.6 is 46.4 Å². The molecule has 3 aromatic rings. The minimum Gasteiger partial charge on any atom is -0.324 e. The highest BCUT2D eigenvalue weighted by Crippen LogP contribution is 2.45. The van der Waals surface area contributed by atoms with Crippen molar-refractivity contribution in [2.24, 2.45) is 0 Å². The number of nitro groups is 1. The monoisotopic (exact) mass is 551 g/mol. The van der Waals surface area contributed by atoms with E-state index < -0.39 is 28.7 Å². The summed E-state index contributed by atoms with van der Waals surface area (Å²) in [7, 11) is 0. The third kappa shape index (κ3) is 4.58. The second-order valence-corrected chi connectivity index (χ2v) is 9.00. The predicted molar refractivity (Wildman–Crippen MR) is 133 cm³/mol. The standard InChI is InChI=1S/C23H13Cl4N3O5/c24-17-15-16(18(25)20(27)19(17)26)23(33)29(22(15)32)14(10-11-4-2-1-3-5-11)21(31)28-12-6-8-13(9-7-12)30(34)35/h1-9,14H,10H2,(H,28,31)/t14-/m1/s1. The van der Waals surface area contributed by atoms with Crippen LogP contribution in [0.2, 0.25) is 20.1 Å². The lowest BCUT2D eigenvalue weighted by Crippen LogP contribution is -2.48. The van der Waals surface area contributed by atoms with E-state index in [1.54, 1.807) is 30.3 Å². The van der Waals surface area contributed by atoms with Gasteiger partial charge in [-0.05, 0) is 17.7 Å². The summed E-state index contributed by atoms with van der Waals surface area (Å²) in [5.74, 6) is -2.41. The zero-order valence-electron chi connectivity index (χ0n) is 17.4. The Bertz CT molecular complexity index is 1330. The molecular weight excluding hydrogens is 540 g/mol. The van der Waals surface area contributed by atoms with Crippen molar-refractivity contribution in [1.82, 2.24) is 4.90 Å². The number of nitrogens with zero attached hydrogens (tertiary/aromatic N) is 2. The lowest BCUT2D eigenvalue weighted by Gasteiger charge is -2.25. The van der Waals surface area contributed by atoms with Gasteiger partial charge in [-0.1, -0.05) is 76.7 Å². The zero-order chi connectivity index (χ0) is 25.4. The molecule has 3 aromatic carbocycles.